The summed E-state index contributed by atoms with van der Waals surface area (Å²) < 4.78 is 5.93. The lowest BCUT2D eigenvalue weighted by Gasteiger charge is -2.35. The second kappa shape index (κ2) is 6.81. The van der Waals surface area contributed by atoms with Crippen LogP contribution in [0.4, 0.5) is 0 Å². The van der Waals surface area contributed by atoms with Crippen LogP contribution in [0.15, 0.2) is 24.3 Å². The lowest BCUT2D eigenvalue weighted by atomic mass is 9.91. The minimum absolute atomic E-state index is 0.0480. The first-order chi connectivity index (χ1) is 11.5. The fraction of sp³-hybridized carbons (Fsp3) is 0.556. The van der Waals surface area contributed by atoms with Crippen molar-refractivity contribution in [2.75, 3.05) is 13.1 Å². The first-order valence-corrected chi connectivity index (χ1v) is 8.50. The van der Waals surface area contributed by atoms with Gasteiger partial charge in [-0.3, -0.25) is 4.79 Å². The van der Waals surface area contributed by atoms with Crippen LogP contribution in [-0.2, 0) is 4.79 Å². The second-order valence-corrected chi connectivity index (χ2v) is 6.68. The van der Waals surface area contributed by atoms with Crippen molar-refractivity contribution < 1.29 is 24.5 Å². The number of carboxylic acids is 1. The minimum atomic E-state index is -1.72. The van der Waals surface area contributed by atoms with E-state index in [4.69, 9.17) is 9.84 Å². The molecule has 2 aliphatic rings. The van der Waals surface area contributed by atoms with E-state index in [1.165, 1.54) is 12.8 Å². The molecule has 1 saturated carbocycles. The van der Waals surface area contributed by atoms with E-state index in [9.17, 15) is 14.7 Å². The molecule has 1 amide bonds. The summed E-state index contributed by atoms with van der Waals surface area (Å²) in [7, 11) is 0. The largest absolute Gasteiger partial charge is 0.490 e. The molecule has 6 heteroatoms. The number of benzene rings is 1. The van der Waals surface area contributed by atoms with Gasteiger partial charge in [-0.2, -0.15) is 0 Å². The summed E-state index contributed by atoms with van der Waals surface area (Å²) in [5.74, 6) is -0.673. The number of likely N-dealkylation sites (tertiary alicyclic amines) is 1. The molecule has 3 rings (SSSR count). The van der Waals surface area contributed by atoms with Gasteiger partial charge in [0, 0.05) is 31.5 Å². The van der Waals surface area contributed by atoms with Crippen LogP contribution in [0.3, 0.4) is 0 Å². The Morgan fingerprint density at radius 2 is 1.83 bits per heavy atom. The Bertz CT molecular complexity index is 616. The highest BCUT2D eigenvalue weighted by Crippen LogP contribution is 2.26. The molecule has 6 nitrogen and oxygen atoms in total. The van der Waals surface area contributed by atoms with Crippen LogP contribution in [-0.4, -0.2) is 51.8 Å². The number of carbonyl (C=O) groups excluding carboxylic acids is 1. The number of carbonyl (C=O) groups is 2. The maximum absolute atomic E-state index is 12.6. The van der Waals surface area contributed by atoms with E-state index in [0.29, 0.717) is 11.3 Å². The quantitative estimate of drug-likeness (QED) is 0.881. The summed E-state index contributed by atoms with van der Waals surface area (Å²) in [6.07, 6.45) is 4.80. The third-order valence-corrected chi connectivity index (χ3v) is 4.96. The predicted molar refractivity (Wildman–Crippen MR) is 87.0 cm³/mol. The molecule has 1 aliphatic heterocycles. The van der Waals surface area contributed by atoms with Gasteiger partial charge in [-0.05, 0) is 43.9 Å². The molecule has 1 heterocycles. The van der Waals surface area contributed by atoms with E-state index in [2.05, 4.69) is 0 Å². The van der Waals surface area contributed by atoms with Crippen LogP contribution in [0.1, 0.15) is 48.9 Å². The number of amides is 1. The van der Waals surface area contributed by atoms with Gasteiger partial charge in [0.25, 0.3) is 5.91 Å². The van der Waals surface area contributed by atoms with Crippen LogP contribution < -0.4 is 4.74 Å². The highest BCUT2D eigenvalue weighted by Gasteiger charge is 2.40. The summed E-state index contributed by atoms with van der Waals surface area (Å²) in [5.41, 5.74) is -1.18. The Morgan fingerprint density at radius 3 is 2.46 bits per heavy atom. The molecule has 24 heavy (non-hydrogen) atoms. The lowest BCUT2D eigenvalue weighted by Crippen LogP contribution is -2.50. The van der Waals surface area contributed by atoms with Crippen molar-refractivity contribution in [1.29, 1.82) is 0 Å². The van der Waals surface area contributed by atoms with Gasteiger partial charge < -0.3 is 19.8 Å². The monoisotopic (exact) mass is 333 g/mol. The number of rotatable bonds is 4. The SMILES string of the molecule is O=C(c1cccc(OC2CCCC2)c1)N1CCC(O)(C(=O)O)CC1. The van der Waals surface area contributed by atoms with Gasteiger partial charge in [-0.1, -0.05) is 6.07 Å². The van der Waals surface area contributed by atoms with Gasteiger partial charge in [-0.15, -0.1) is 0 Å². The fourth-order valence-corrected chi connectivity index (χ4v) is 3.38. The number of piperidine rings is 1. The number of hydrogen-bond acceptors (Lipinski definition) is 4. The first-order valence-electron chi connectivity index (χ1n) is 8.50. The molecule has 2 fully saturated rings. The number of hydrogen-bond donors (Lipinski definition) is 2. The summed E-state index contributed by atoms with van der Waals surface area (Å²) in [6, 6.07) is 7.14. The molecule has 2 N–H and O–H groups in total. The van der Waals surface area contributed by atoms with E-state index in [-0.39, 0.29) is 37.9 Å². The molecular weight excluding hydrogens is 310 g/mol. The van der Waals surface area contributed by atoms with Gasteiger partial charge in [0.2, 0.25) is 0 Å². The molecule has 0 bridgehead atoms. The molecule has 0 spiro atoms. The van der Waals surface area contributed by atoms with E-state index >= 15 is 0 Å². The zero-order chi connectivity index (χ0) is 17.2. The van der Waals surface area contributed by atoms with E-state index in [1.807, 2.05) is 6.07 Å². The molecule has 1 saturated heterocycles. The number of ether oxygens (including phenoxy) is 1. The minimum Gasteiger partial charge on any atom is -0.490 e. The van der Waals surface area contributed by atoms with Crippen molar-refractivity contribution >= 4 is 11.9 Å². The number of aliphatic carboxylic acids is 1. The number of nitrogens with zero attached hydrogens (tertiary/aromatic N) is 1. The van der Waals surface area contributed by atoms with Crippen molar-refractivity contribution in [2.24, 2.45) is 0 Å². The van der Waals surface area contributed by atoms with Crippen molar-refractivity contribution in [3.8, 4) is 5.75 Å². The summed E-state index contributed by atoms with van der Waals surface area (Å²) in [4.78, 5) is 25.3. The average molecular weight is 333 g/mol. The van der Waals surface area contributed by atoms with Gasteiger partial charge in [0.05, 0.1) is 6.10 Å². The molecule has 0 unspecified atom stereocenters. The van der Waals surface area contributed by atoms with Gasteiger partial charge in [-0.25, -0.2) is 4.79 Å². The smallest absolute Gasteiger partial charge is 0.335 e. The molecule has 1 aromatic carbocycles. The van der Waals surface area contributed by atoms with Gasteiger partial charge in [0.15, 0.2) is 5.60 Å². The summed E-state index contributed by atoms with van der Waals surface area (Å²) in [6.45, 7) is 0.463. The zero-order valence-corrected chi connectivity index (χ0v) is 13.6. The van der Waals surface area contributed by atoms with Gasteiger partial charge >= 0.3 is 5.97 Å². The third kappa shape index (κ3) is 3.53. The molecule has 0 radical (unpaired) electrons. The maximum Gasteiger partial charge on any atom is 0.335 e. The first kappa shape index (κ1) is 16.8. The lowest BCUT2D eigenvalue weighted by molar-refractivity contribution is -0.162. The van der Waals surface area contributed by atoms with Crippen LogP contribution >= 0.6 is 0 Å². The molecular formula is C18H23NO5. The van der Waals surface area contributed by atoms with Crippen LogP contribution in [0, 0.1) is 0 Å². The van der Waals surface area contributed by atoms with E-state index in [1.54, 1.807) is 23.1 Å². The highest BCUT2D eigenvalue weighted by molar-refractivity contribution is 5.94. The van der Waals surface area contributed by atoms with Crippen LogP contribution in [0.2, 0.25) is 0 Å². The predicted octanol–water partition coefficient (Wildman–Crippen LogP) is 2.06. The standard InChI is InChI=1S/C18H23NO5/c20-16(19-10-8-18(23,9-11-19)17(21)22)13-4-3-7-15(12-13)24-14-5-1-2-6-14/h3-4,7,12,14,23H,1-2,5-6,8-11H2,(H,21,22). The molecule has 1 aliphatic carbocycles. The van der Waals surface area contributed by atoms with Crippen LogP contribution in [0.5, 0.6) is 5.75 Å². The summed E-state index contributed by atoms with van der Waals surface area (Å²) in [5, 5.41) is 19.0. The highest BCUT2D eigenvalue weighted by atomic mass is 16.5. The van der Waals surface area contributed by atoms with Crippen molar-refractivity contribution in [3.05, 3.63) is 29.8 Å². The second-order valence-electron chi connectivity index (χ2n) is 6.68. The Kier molecular flexibility index (Phi) is 4.76. The Hall–Kier alpha value is -2.08. The van der Waals surface area contributed by atoms with Crippen LogP contribution in [0.25, 0.3) is 0 Å². The Morgan fingerprint density at radius 1 is 1.17 bits per heavy atom. The summed E-state index contributed by atoms with van der Waals surface area (Å²) >= 11 is 0. The number of aliphatic hydroxyl groups is 1. The molecule has 1 aromatic rings. The normalized spacial score (nSPS) is 20.8. The van der Waals surface area contributed by atoms with Crippen molar-refractivity contribution in [2.45, 2.75) is 50.2 Å². The van der Waals surface area contributed by atoms with E-state index in [0.717, 1.165) is 12.8 Å². The van der Waals surface area contributed by atoms with E-state index < -0.39 is 11.6 Å². The Labute approximate surface area is 141 Å². The van der Waals surface area contributed by atoms with Crippen molar-refractivity contribution in [3.63, 3.8) is 0 Å². The third-order valence-electron chi connectivity index (χ3n) is 4.96. The molecule has 0 aromatic heterocycles. The maximum atomic E-state index is 12.6. The molecule has 0 atom stereocenters. The molecule has 130 valence electrons. The Balaban J connectivity index is 1.64. The number of carboxylic acid groups (broad SMARTS) is 1. The van der Waals surface area contributed by atoms with Gasteiger partial charge in [0.1, 0.15) is 5.75 Å². The van der Waals surface area contributed by atoms with Crippen molar-refractivity contribution in [1.82, 2.24) is 4.90 Å². The fourth-order valence-electron chi connectivity index (χ4n) is 3.38. The zero-order valence-electron chi connectivity index (χ0n) is 13.6. The average Bonchev–Trinajstić information content (AvgIpc) is 3.08. The topological polar surface area (TPSA) is 87.1 Å².